The summed E-state index contributed by atoms with van der Waals surface area (Å²) in [5.74, 6) is 0.858. The summed E-state index contributed by atoms with van der Waals surface area (Å²) >= 11 is 13.8. The monoisotopic (exact) mass is 349 g/mol. The molecule has 0 fully saturated rings. The molecule has 22 heavy (non-hydrogen) atoms. The van der Waals surface area contributed by atoms with Crippen molar-refractivity contribution in [1.82, 2.24) is 4.98 Å². The van der Waals surface area contributed by atoms with Gasteiger partial charge in [0.1, 0.15) is 5.75 Å². The minimum absolute atomic E-state index is 0.619. The van der Waals surface area contributed by atoms with E-state index >= 15 is 0 Å². The van der Waals surface area contributed by atoms with Gasteiger partial charge < -0.3 is 4.74 Å². The Morgan fingerprint density at radius 3 is 2.55 bits per heavy atom. The van der Waals surface area contributed by atoms with Crippen LogP contribution in [0.5, 0.6) is 5.75 Å². The Morgan fingerprint density at radius 2 is 1.86 bits per heavy atom. The summed E-state index contributed by atoms with van der Waals surface area (Å²) < 4.78 is 5.17. The number of thiazole rings is 1. The van der Waals surface area contributed by atoms with Crippen LogP contribution < -0.4 is 4.74 Å². The summed E-state index contributed by atoms with van der Waals surface area (Å²) in [5.41, 5.74) is 2.99. The van der Waals surface area contributed by atoms with Crippen LogP contribution in [0.3, 0.4) is 0 Å². The van der Waals surface area contributed by atoms with Gasteiger partial charge in [-0.25, -0.2) is 4.98 Å². The maximum Gasteiger partial charge on any atom is 0.118 e. The van der Waals surface area contributed by atoms with Gasteiger partial charge in [0.25, 0.3) is 0 Å². The van der Waals surface area contributed by atoms with E-state index < -0.39 is 0 Å². The first kappa shape index (κ1) is 15.3. The van der Waals surface area contributed by atoms with Crippen LogP contribution in [-0.4, -0.2) is 12.1 Å². The molecule has 0 bridgehead atoms. The normalized spacial score (nSPS) is 10.7. The summed E-state index contributed by atoms with van der Waals surface area (Å²) in [6, 6.07) is 13.5. The number of rotatable bonds is 4. The summed E-state index contributed by atoms with van der Waals surface area (Å²) in [4.78, 5) is 4.67. The van der Waals surface area contributed by atoms with E-state index in [1.54, 1.807) is 24.5 Å². The molecule has 0 saturated heterocycles. The second kappa shape index (κ2) is 6.69. The molecule has 0 saturated carbocycles. The number of methoxy groups -OCH3 is 1. The molecule has 112 valence electrons. The number of nitrogens with zero attached hydrogens (tertiary/aromatic N) is 1. The fraction of sp³-hybridized carbons (Fsp3) is 0.118. The Balaban J connectivity index is 1.81. The molecule has 0 atom stereocenters. The molecular formula is C17H13Cl2NOS. The molecule has 0 amide bonds. The Hall–Kier alpha value is -1.55. The fourth-order valence-electron chi connectivity index (χ4n) is 2.13. The topological polar surface area (TPSA) is 22.1 Å². The molecule has 0 aliphatic heterocycles. The summed E-state index contributed by atoms with van der Waals surface area (Å²) in [5, 5.41) is 4.32. The molecule has 1 aromatic heterocycles. The number of halogens is 2. The Kier molecular flexibility index (Phi) is 4.67. The zero-order chi connectivity index (χ0) is 15.5. The summed E-state index contributed by atoms with van der Waals surface area (Å²) in [6.07, 6.45) is 0.792. The third-order valence-electron chi connectivity index (χ3n) is 3.27. The average Bonchev–Trinajstić information content (AvgIpc) is 2.96. The second-order valence-corrected chi connectivity index (χ2v) is 6.56. The molecule has 0 N–H and O–H groups in total. The van der Waals surface area contributed by atoms with Crippen molar-refractivity contribution in [2.24, 2.45) is 0 Å². The van der Waals surface area contributed by atoms with Crippen molar-refractivity contribution in [2.45, 2.75) is 6.42 Å². The molecule has 2 aromatic carbocycles. The Labute approximate surface area is 143 Å². The molecule has 1 heterocycles. The SMILES string of the molecule is COc1ccc(Cc2nc(-c3ccc(Cl)cc3Cl)cs2)cc1. The fourth-order valence-corrected chi connectivity index (χ4v) is 3.46. The third-order valence-corrected chi connectivity index (χ3v) is 4.67. The number of hydrogen-bond donors (Lipinski definition) is 0. The highest BCUT2D eigenvalue weighted by Gasteiger charge is 2.09. The lowest BCUT2D eigenvalue weighted by Crippen LogP contribution is -1.89. The predicted molar refractivity (Wildman–Crippen MR) is 93.4 cm³/mol. The van der Waals surface area contributed by atoms with E-state index in [-0.39, 0.29) is 0 Å². The molecule has 0 aliphatic rings. The average molecular weight is 350 g/mol. The van der Waals surface area contributed by atoms with Gasteiger partial charge in [-0.3, -0.25) is 0 Å². The first-order chi connectivity index (χ1) is 10.7. The molecule has 2 nitrogen and oxygen atoms in total. The lowest BCUT2D eigenvalue weighted by molar-refractivity contribution is 0.414. The van der Waals surface area contributed by atoms with Gasteiger partial charge in [-0.1, -0.05) is 35.3 Å². The van der Waals surface area contributed by atoms with E-state index in [4.69, 9.17) is 27.9 Å². The molecule has 0 radical (unpaired) electrons. The zero-order valence-electron chi connectivity index (χ0n) is 11.8. The van der Waals surface area contributed by atoms with Crippen LogP contribution >= 0.6 is 34.5 Å². The first-order valence-corrected chi connectivity index (χ1v) is 8.32. The minimum atomic E-state index is 0.619. The van der Waals surface area contributed by atoms with Gasteiger partial charge in [0.05, 0.1) is 22.8 Å². The molecule has 5 heteroatoms. The molecule has 3 rings (SSSR count). The van der Waals surface area contributed by atoms with Gasteiger partial charge in [-0.15, -0.1) is 11.3 Å². The van der Waals surface area contributed by atoms with Crippen LogP contribution in [0.2, 0.25) is 10.0 Å². The van der Waals surface area contributed by atoms with Crippen LogP contribution in [-0.2, 0) is 6.42 Å². The van der Waals surface area contributed by atoms with Gasteiger partial charge in [0.15, 0.2) is 0 Å². The van der Waals surface area contributed by atoms with Crippen molar-refractivity contribution >= 4 is 34.5 Å². The van der Waals surface area contributed by atoms with E-state index in [9.17, 15) is 0 Å². The van der Waals surface area contributed by atoms with Gasteiger partial charge in [-0.05, 0) is 35.9 Å². The maximum atomic E-state index is 6.23. The number of benzene rings is 2. The lowest BCUT2D eigenvalue weighted by Gasteiger charge is -2.02. The highest BCUT2D eigenvalue weighted by Crippen LogP contribution is 2.31. The lowest BCUT2D eigenvalue weighted by atomic mass is 10.1. The Bertz CT molecular complexity index is 784. The second-order valence-electron chi connectivity index (χ2n) is 4.78. The van der Waals surface area contributed by atoms with Crippen LogP contribution in [0.4, 0.5) is 0 Å². The summed E-state index contributed by atoms with van der Waals surface area (Å²) in [6.45, 7) is 0. The molecular weight excluding hydrogens is 337 g/mol. The molecule has 0 aliphatic carbocycles. The first-order valence-electron chi connectivity index (χ1n) is 6.68. The van der Waals surface area contributed by atoms with E-state index in [0.717, 1.165) is 28.4 Å². The van der Waals surface area contributed by atoms with Crippen molar-refractivity contribution in [2.75, 3.05) is 7.11 Å². The highest BCUT2D eigenvalue weighted by molar-refractivity contribution is 7.10. The van der Waals surface area contributed by atoms with Crippen molar-refractivity contribution < 1.29 is 4.74 Å². The van der Waals surface area contributed by atoms with E-state index in [1.165, 1.54) is 5.56 Å². The maximum absolute atomic E-state index is 6.23. The van der Waals surface area contributed by atoms with Gasteiger partial charge >= 0.3 is 0 Å². The van der Waals surface area contributed by atoms with Gasteiger partial charge in [-0.2, -0.15) is 0 Å². The molecule has 0 spiro atoms. The van der Waals surface area contributed by atoms with Crippen molar-refractivity contribution in [3.05, 3.63) is 68.5 Å². The predicted octanol–water partition coefficient (Wildman–Crippen LogP) is 5.72. The number of hydrogen-bond acceptors (Lipinski definition) is 3. The van der Waals surface area contributed by atoms with E-state index in [2.05, 4.69) is 17.1 Å². The van der Waals surface area contributed by atoms with E-state index in [1.807, 2.05) is 29.6 Å². The van der Waals surface area contributed by atoms with Crippen molar-refractivity contribution in [3.8, 4) is 17.0 Å². The van der Waals surface area contributed by atoms with Crippen molar-refractivity contribution in [1.29, 1.82) is 0 Å². The molecule has 3 aromatic rings. The van der Waals surface area contributed by atoms with Crippen LogP contribution in [0, 0.1) is 0 Å². The van der Waals surface area contributed by atoms with Gasteiger partial charge in [0.2, 0.25) is 0 Å². The zero-order valence-corrected chi connectivity index (χ0v) is 14.2. The Morgan fingerprint density at radius 1 is 1.09 bits per heavy atom. The van der Waals surface area contributed by atoms with Crippen LogP contribution in [0.15, 0.2) is 47.8 Å². The van der Waals surface area contributed by atoms with Crippen molar-refractivity contribution in [3.63, 3.8) is 0 Å². The minimum Gasteiger partial charge on any atom is -0.497 e. The number of aromatic nitrogens is 1. The molecule has 0 unspecified atom stereocenters. The van der Waals surface area contributed by atoms with Crippen LogP contribution in [0.1, 0.15) is 10.6 Å². The highest BCUT2D eigenvalue weighted by atomic mass is 35.5. The van der Waals surface area contributed by atoms with Gasteiger partial charge in [0, 0.05) is 22.4 Å². The van der Waals surface area contributed by atoms with E-state index in [0.29, 0.717) is 10.0 Å². The standard InChI is InChI=1S/C17H13Cl2NOS/c1-21-13-5-2-11(3-6-13)8-17-20-16(10-22-17)14-7-4-12(18)9-15(14)19/h2-7,9-10H,8H2,1H3. The quantitative estimate of drug-likeness (QED) is 0.601. The van der Waals surface area contributed by atoms with Crippen LogP contribution in [0.25, 0.3) is 11.3 Å². The smallest absolute Gasteiger partial charge is 0.118 e. The third kappa shape index (κ3) is 3.43. The largest absolute Gasteiger partial charge is 0.497 e. The summed E-state index contributed by atoms with van der Waals surface area (Å²) in [7, 11) is 1.66. The number of ether oxygens (including phenoxy) is 1.